The number of para-hydroxylation sites is 2. The second-order valence-electron chi connectivity index (χ2n) is 6.00. The lowest BCUT2D eigenvalue weighted by Gasteiger charge is -2.10. The van der Waals surface area contributed by atoms with Crippen molar-refractivity contribution < 1.29 is 4.74 Å². The van der Waals surface area contributed by atoms with E-state index < -0.39 is 0 Å². The lowest BCUT2D eigenvalue weighted by Crippen LogP contribution is -2.07. The minimum Gasteiger partial charge on any atom is -0.491 e. The molecule has 2 heterocycles. The molecule has 0 aliphatic heterocycles. The number of ether oxygens (including phenoxy) is 1. The molecular formula is C20H19N5O. The molecule has 4 rings (SSSR count). The summed E-state index contributed by atoms with van der Waals surface area (Å²) in [6, 6.07) is 16.4. The Morgan fingerprint density at radius 3 is 2.65 bits per heavy atom. The SMILES string of the molecule is Cc1ccccc1OCCn1cc(/C=N\n2cnnc2)c2ccccc21. The highest BCUT2D eigenvalue weighted by Crippen LogP contribution is 2.21. The van der Waals surface area contributed by atoms with Crippen molar-refractivity contribution in [2.75, 3.05) is 6.61 Å². The minimum atomic E-state index is 0.603. The molecule has 0 aliphatic rings. The van der Waals surface area contributed by atoms with Crippen LogP contribution in [0.15, 0.2) is 72.5 Å². The van der Waals surface area contributed by atoms with Gasteiger partial charge >= 0.3 is 0 Å². The summed E-state index contributed by atoms with van der Waals surface area (Å²) in [6.07, 6.45) is 7.04. The summed E-state index contributed by atoms with van der Waals surface area (Å²) in [5.74, 6) is 0.929. The molecule has 0 radical (unpaired) electrons. The van der Waals surface area contributed by atoms with E-state index in [1.54, 1.807) is 17.3 Å². The van der Waals surface area contributed by atoms with Gasteiger partial charge in [-0.2, -0.15) is 5.10 Å². The van der Waals surface area contributed by atoms with Gasteiger partial charge in [-0.25, -0.2) is 4.68 Å². The Kier molecular flexibility index (Phi) is 4.47. The molecule has 0 saturated heterocycles. The Balaban J connectivity index is 1.54. The lowest BCUT2D eigenvalue weighted by atomic mass is 10.2. The number of hydrogen-bond donors (Lipinski definition) is 0. The highest BCUT2D eigenvalue weighted by Gasteiger charge is 2.07. The lowest BCUT2D eigenvalue weighted by molar-refractivity contribution is 0.298. The predicted molar refractivity (Wildman–Crippen MR) is 102 cm³/mol. The number of hydrogen-bond acceptors (Lipinski definition) is 4. The summed E-state index contributed by atoms with van der Waals surface area (Å²) in [7, 11) is 0. The fourth-order valence-corrected chi connectivity index (χ4v) is 2.92. The van der Waals surface area contributed by atoms with Gasteiger partial charge in [0.2, 0.25) is 0 Å². The highest BCUT2D eigenvalue weighted by molar-refractivity contribution is 5.99. The molecular weight excluding hydrogens is 326 g/mol. The zero-order valence-electron chi connectivity index (χ0n) is 14.5. The number of nitrogens with zero attached hydrogens (tertiary/aromatic N) is 5. The summed E-state index contributed by atoms with van der Waals surface area (Å²) >= 11 is 0. The summed E-state index contributed by atoms with van der Waals surface area (Å²) in [6.45, 7) is 3.42. The van der Waals surface area contributed by atoms with E-state index in [2.05, 4.69) is 51.2 Å². The van der Waals surface area contributed by atoms with Gasteiger partial charge in [-0.05, 0) is 24.6 Å². The van der Waals surface area contributed by atoms with E-state index in [1.807, 2.05) is 36.5 Å². The molecule has 4 aromatic rings. The van der Waals surface area contributed by atoms with E-state index in [0.29, 0.717) is 6.61 Å². The quantitative estimate of drug-likeness (QED) is 0.503. The normalized spacial score (nSPS) is 11.4. The molecule has 0 aliphatic carbocycles. The van der Waals surface area contributed by atoms with Crippen LogP contribution < -0.4 is 4.74 Å². The van der Waals surface area contributed by atoms with E-state index in [-0.39, 0.29) is 0 Å². The molecule has 0 spiro atoms. The molecule has 0 N–H and O–H groups in total. The molecule has 0 amide bonds. The largest absolute Gasteiger partial charge is 0.491 e. The van der Waals surface area contributed by atoms with Crippen molar-refractivity contribution in [3.63, 3.8) is 0 Å². The van der Waals surface area contributed by atoms with Crippen molar-refractivity contribution in [3.05, 3.63) is 78.5 Å². The van der Waals surface area contributed by atoms with Gasteiger partial charge in [-0.15, -0.1) is 10.2 Å². The van der Waals surface area contributed by atoms with Gasteiger partial charge in [0.25, 0.3) is 0 Å². The van der Waals surface area contributed by atoms with E-state index >= 15 is 0 Å². The third-order valence-electron chi connectivity index (χ3n) is 4.24. The first-order valence-corrected chi connectivity index (χ1v) is 8.46. The third-order valence-corrected chi connectivity index (χ3v) is 4.24. The fraction of sp³-hybridized carbons (Fsp3) is 0.150. The standard InChI is InChI=1S/C20H19N5O/c1-16-6-2-5-9-20(16)26-11-10-24-13-17(12-23-25-14-21-22-15-25)18-7-3-4-8-19(18)24/h2-9,12-15H,10-11H2,1H3/b23-12-. The summed E-state index contributed by atoms with van der Waals surface area (Å²) < 4.78 is 9.71. The summed E-state index contributed by atoms with van der Waals surface area (Å²) in [4.78, 5) is 0. The second kappa shape index (κ2) is 7.23. The Bertz CT molecular complexity index is 1030. The monoisotopic (exact) mass is 345 g/mol. The first-order valence-electron chi connectivity index (χ1n) is 8.46. The molecule has 0 unspecified atom stereocenters. The number of benzene rings is 2. The molecule has 130 valence electrons. The summed E-state index contributed by atoms with van der Waals surface area (Å²) in [5, 5.41) is 13.0. The van der Waals surface area contributed by atoms with E-state index in [1.165, 1.54) is 0 Å². The van der Waals surface area contributed by atoms with Crippen LogP contribution in [0.1, 0.15) is 11.1 Å². The molecule has 2 aromatic carbocycles. The zero-order chi connectivity index (χ0) is 17.8. The Morgan fingerprint density at radius 1 is 1.04 bits per heavy atom. The molecule has 6 nitrogen and oxygen atoms in total. The van der Waals surface area contributed by atoms with Crippen molar-refractivity contribution in [2.45, 2.75) is 13.5 Å². The van der Waals surface area contributed by atoms with E-state index in [9.17, 15) is 0 Å². The maximum atomic E-state index is 5.94. The van der Waals surface area contributed by atoms with Crippen LogP contribution in [0.5, 0.6) is 5.75 Å². The Hall–Kier alpha value is -3.41. The number of aromatic nitrogens is 4. The average molecular weight is 345 g/mol. The molecule has 0 fully saturated rings. The first-order chi connectivity index (χ1) is 12.8. The van der Waals surface area contributed by atoms with Crippen LogP contribution >= 0.6 is 0 Å². The van der Waals surface area contributed by atoms with Crippen molar-refractivity contribution in [2.24, 2.45) is 5.10 Å². The number of aryl methyl sites for hydroxylation is 1. The highest BCUT2D eigenvalue weighted by atomic mass is 16.5. The van der Waals surface area contributed by atoms with E-state index in [0.717, 1.165) is 34.3 Å². The fourth-order valence-electron chi connectivity index (χ4n) is 2.92. The van der Waals surface area contributed by atoms with Crippen molar-refractivity contribution in [3.8, 4) is 5.75 Å². The summed E-state index contributed by atoms with van der Waals surface area (Å²) in [5.41, 5.74) is 3.35. The van der Waals surface area contributed by atoms with Crippen LogP contribution in [0.25, 0.3) is 10.9 Å². The van der Waals surface area contributed by atoms with Gasteiger partial charge in [0.05, 0.1) is 12.8 Å². The topological polar surface area (TPSA) is 57.2 Å². The Morgan fingerprint density at radius 2 is 1.81 bits per heavy atom. The van der Waals surface area contributed by atoms with Gasteiger partial charge in [-0.1, -0.05) is 36.4 Å². The minimum absolute atomic E-state index is 0.603. The van der Waals surface area contributed by atoms with Crippen LogP contribution in [0, 0.1) is 6.92 Å². The maximum absolute atomic E-state index is 5.94. The zero-order valence-corrected chi connectivity index (χ0v) is 14.5. The number of rotatable bonds is 6. The van der Waals surface area contributed by atoms with Gasteiger partial charge in [-0.3, -0.25) is 0 Å². The first kappa shape index (κ1) is 16.1. The molecule has 6 heteroatoms. The van der Waals surface area contributed by atoms with Gasteiger partial charge in [0.15, 0.2) is 0 Å². The molecule has 0 atom stereocenters. The van der Waals surface area contributed by atoms with Crippen LogP contribution in [-0.2, 0) is 6.54 Å². The van der Waals surface area contributed by atoms with Crippen LogP contribution in [0.3, 0.4) is 0 Å². The molecule has 0 saturated carbocycles. The molecule has 26 heavy (non-hydrogen) atoms. The third kappa shape index (κ3) is 3.35. The van der Waals surface area contributed by atoms with Gasteiger partial charge in [0, 0.05) is 22.7 Å². The Labute approximate surface area is 151 Å². The second-order valence-corrected chi connectivity index (χ2v) is 6.00. The van der Waals surface area contributed by atoms with Crippen LogP contribution in [-0.4, -0.2) is 32.3 Å². The van der Waals surface area contributed by atoms with Crippen molar-refractivity contribution in [1.29, 1.82) is 0 Å². The predicted octanol–water partition coefficient (Wildman–Crippen LogP) is 3.50. The van der Waals surface area contributed by atoms with Crippen LogP contribution in [0.4, 0.5) is 0 Å². The van der Waals surface area contributed by atoms with Crippen molar-refractivity contribution >= 4 is 17.1 Å². The average Bonchev–Trinajstić information content (AvgIpc) is 3.30. The van der Waals surface area contributed by atoms with Gasteiger partial charge < -0.3 is 9.30 Å². The molecule has 2 aromatic heterocycles. The van der Waals surface area contributed by atoms with E-state index in [4.69, 9.17) is 4.74 Å². The van der Waals surface area contributed by atoms with Gasteiger partial charge in [0.1, 0.15) is 25.0 Å². The maximum Gasteiger partial charge on any atom is 0.141 e. The van der Waals surface area contributed by atoms with Crippen LogP contribution in [0.2, 0.25) is 0 Å². The smallest absolute Gasteiger partial charge is 0.141 e. The number of fused-ring (bicyclic) bond motifs is 1. The molecule has 0 bridgehead atoms. The van der Waals surface area contributed by atoms with Crippen molar-refractivity contribution in [1.82, 2.24) is 19.4 Å².